The first kappa shape index (κ1) is 14.7. The zero-order valence-electron chi connectivity index (χ0n) is 10.2. The average molecular weight is 231 g/mol. The first-order chi connectivity index (χ1) is 7.47. The number of nitrogens with zero attached hydrogens (tertiary/aromatic N) is 2. The average Bonchev–Trinajstić information content (AvgIpc) is 2.19. The molecule has 0 heterocycles. The van der Waals surface area contributed by atoms with Gasteiger partial charge in [-0.25, -0.2) is 4.79 Å². The van der Waals surface area contributed by atoms with Gasteiger partial charge in [0.05, 0.1) is 0 Å². The number of aliphatic carboxylic acids is 1. The number of hydrogen-bond donors (Lipinski definition) is 2. The summed E-state index contributed by atoms with van der Waals surface area (Å²) in [7, 11) is 3.76. The van der Waals surface area contributed by atoms with Crippen LogP contribution in [0.5, 0.6) is 0 Å². The minimum atomic E-state index is -0.995. The summed E-state index contributed by atoms with van der Waals surface area (Å²) in [5.41, 5.74) is 0. The lowest BCUT2D eigenvalue weighted by Gasteiger charge is -2.22. The van der Waals surface area contributed by atoms with Crippen molar-refractivity contribution in [2.75, 3.05) is 40.3 Å². The van der Waals surface area contributed by atoms with E-state index in [1.807, 2.05) is 25.9 Å². The van der Waals surface area contributed by atoms with Gasteiger partial charge in [-0.05, 0) is 20.5 Å². The molecule has 0 unspecified atom stereocenters. The fraction of sp³-hybridized carbons (Fsp3) is 0.800. The summed E-state index contributed by atoms with van der Waals surface area (Å²) in [5.74, 6) is -0.995. The Balaban J connectivity index is 4.17. The van der Waals surface area contributed by atoms with Crippen LogP contribution >= 0.6 is 0 Å². The number of nitrogens with one attached hydrogen (secondary N) is 1. The second-order valence-electron chi connectivity index (χ2n) is 3.85. The molecule has 6 nitrogen and oxygen atoms in total. The zero-order valence-corrected chi connectivity index (χ0v) is 10.2. The summed E-state index contributed by atoms with van der Waals surface area (Å²) in [4.78, 5) is 25.4. The molecule has 0 aliphatic carbocycles. The molecule has 0 radical (unpaired) electrons. The van der Waals surface area contributed by atoms with Crippen molar-refractivity contribution >= 4 is 12.0 Å². The van der Waals surface area contributed by atoms with E-state index in [9.17, 15) is 9.59 Å². The second kappa shape index (κ2) is 7.92. The van der Waals surface area contributed by atoms with Gasteiger partial charge in [-0.2, -0.15) is 0 Å². The number of urea groups is 1. The number of likely N-dealkylation sites (N-methyl/N-ethyl adjacent to an activating group) is 1. The molecule has 0 fully saturated rings. The Morgan fingerprint density at radius 3 is 2.31 bits per heavy atom. The van der Waals surface area contributed by atoms with E-state index >= 15 is 0 Å². The molecule has 6 heteroatoms. The molecule has 0 aromatic heterocycles. The largest absolute Gasteiger partial charge is 0.480 e. The van der Waals surface area contributed by atoms with E-state index in [1.54, 1.807) is 0 Å². The highest BCUT2D eigenvalue weighted by Crippen LogP contribution is 1.91. The first-order valence-corrected chi connectivity index (χ1v) is 5.36. The van der Waals surface area contributed by atoms with Crippen LogP contribution in [0.15, 0.2) is 0 Å². The normalized spacial score (nSPS) is 10.2. The number of carbonyl (C=O) groups is 2. The summed E-state index contributed by atoms with van der Waals surface area (Å²) in [6.07, 6.45) is 0.834. The van der Waals surface area contributed by atoms with Gasteiger partial charge in [0.15, 0.2) is 0 Å². The van der Waals surface area contributed by atoms with Crippen molar-refractivity contribution in [3.05, 3.63) is 0 Å². The van der Waals surface area contributed by atoms with Gasteiger partial charge in [0.2, 0.25) is 0 Å². The Hall–Kier alpha value is -1.30. The van der Waals surface area contributed by atoms with Gasteiger partial charge >= 0.3 is 12.0 Å². The number of hydrogen-bond acceptors (Lipinski definition) is 3. The summed E-state index contributed by atoms with van der Waals surface area (Å²) >= 11 is 0. The number of rotatable bonds is 7. The Bertz CT molecular complexity index is 231. The van der Waals surface area contributed by atoms with E-state index in [0.717, 1.165) is 6.42 Å². The van der Waals surface area contributed by atoms with Crippen LogP contribution in [0.1, 0.15) is 13.3 Å². The minimum Gasteiger partial charge on any atom is -0.480 e. The third kappa shape index (κ3) is 7.05. The molecule has 0 atom stereocenters. The van der Waals surface area contributed by atoms with E-state index in [2.05, 4.69) is 5.32 Å². The monoisotopic (exact) mass is 231 g/mol. The van der Waals surface area contributed by atoms with Gasteiger partial charge in [-0.15, -0.1) is 0 Å². The van der Waals surface area contributed by atoms with Gasteiger partial charge in [-0.1, -0.05) is 6.92 Å². The van der Waals surface area contributed by atoms with Gasteiger partial charge in [-0.3, -0.25) is 4.79 Å². The highest BCUT2D eigenvalue weighted by Gasteiger charge is 2.15. The van der Waals surface area contributed by atoms with E-state index in [4.69, 9.17) is 5.11 Å². The molecule has 0 aromatic rings. The number of carboxylic acid groups (broad SMARTS) is 1. The maximum atomic E-state index is 11.6. The van der Waals surface area contributed by atoms with E-state index in [0.29, 0.717) is 19.6 Å². The lowest BCUT2D eigenvalue weighted by molar-refractivity contribution is -0.137. The highest BCUT2D eigenvalue weighted by atomic mass is 16.4. The molecule has 0 bridgehead atoms. The predicted octanol–water partition coefficient (Wildman–Crippen LogP) is 0.0542. The Labute approximate surface area is 96.2 Å². The molecule has 0 saturated carbocycles. The van der Waals surface area contributed by atoms with Crippen molar-refractivity contribution in [2.24, 2.45) is 0 Å². The Morgan fingerprint density at radius 1 is 1.25 bits per heavy atom. The predicted molar refractivity (Wildman–Crippen MR) is 61.5 cm³/mol. The van der Waals surface area contributed by atoms with Crippen LogP contribution in [0.3, 0.4) is 0 Å². The maximum absolute atomic E-state index is 11.6. The summed E-state index contributed by atoms with van der Waals surface area (Å²) in [5, 5.41) is 11.4. The third-order valence-electron chi connectivity index (χ3n) is 1.96. The zero-order chi connectivity index (χ0) is 12.6. The fourth-order valence-corrected chi connectivity index (χ4v) is 1.08. The van der Waals surface area contributed by atoms with Gasteiger partial charge in [0.25, 0.3) is 0 Å². The van der Waals surface area contributed by atoms with E-state index in [1.165, 1.54) is 4.90 Å². The Morgan fingerprint density at radius 2 is 1.88 bits per heavy atom. The highest BCUT2D eigenvalue weighted by molar-refractivity contribution is 5.80. The van der Waals surface area contributed by atoms with Gasteiger partial charge in [0, 0.05) is 19.6 Å². The Kier molecular flexibility index (Phi) is 7.28. The number of amides is 2. The standard InChI is InChI=1S/C10H21N3O3/c1-4-5-11-10(16)13(8-9(14)15)7-6-12(2)3/h4-8H2,1-3H3,(H,11,16)(H,14,15). The summed E-state index contributed by atoms with van der Waals surface area (Å²) in [6, 6.07) is -0.314. The summed E-state index contributed by atoms with van der Waals surface area (Å²) < 4.78 is 0. The van der Waals surface area contributed by atoms with Crippen molar-refractivity contribution in [1.29, 1.82) is 0 Å². The molecule has 2 amide bonds. The quantitative estimate of drug-likeness (QED) is 0.649. The molecular formula is C10H21N3O3. The molecule has 2 N–H and O–H groups in total. The van der Waals surface area contributed by atoms with Crippen molar-refractivity contribution in [2.45, 2.75) is 13.3 Å². The molecule has 0 aliphatic rings. The molecule has 0 aromatic carbocycles. The molecule has 0 rings (SSSR count). The van der Waals surface area contributed by atoms with Crippen molar-refractivity contribution in [3.8, 4) is 0 Å². The number of carboxylic acids is 1. The lowest BCUT2D eigenvalue weighted by Crippen LogP contribution is -2.45. The van der Waals surface area contributed by atoms with Crippen LogP contribution in [0.25, 0.3) is 0 Å². The fourth-order valence-electron chi connectivity index (χ4n) is 1.08. The lowest BCUT2D eigenvalue weighted by atomic mass is 10.4. The van der Waals surface area contributed by atoms with Crippen LogP contribution in [0.4, 0.5) is 4.79 Å². The van der Waals surface area contributed by atoms with Crippen LogP contribution in [0, 0.1) is 0 Å². The van der Waals surface area contributed by atoms with Gasteiger partial charge in [0.1, 0.15) is 6.54 Å². The first-order valence-electron chi connectivity index (χ1n) is 5.36. The third-order valence-corrected chi connectivity index (χ3v) is 1.96. The smallest absolute Gasteiger partial charge is 0.323 e. The molecule has 0 aliphatic heterocycles. The molecule has 0 spiro atoms. The number of carbonyl (C=O) groups excluding carboxylic acids is 1. The molecule has 94 valence electrons. The van der Waals surface area contributed by atoms with Crippen molar-refractivity contribution in [3.63, 3.8) is 0 Å². The molecule has 16 heavy (non-hydrogen) atoms. The van der Waals surface area contributed by atoms with Crippen LogP contribution in [-0.4, -0.2) is 67.2 Å². The van der Waals surface area contributed by atoms with Crippen LogP contribution in [-0.2, 0) is 4.79 Å². The maximum Gasteiger partial charge on any atom is 0.323 e. The topological polar surface area (TPSA) is 72.9 Å². The van der Waals surface area contributed by atoms with Crippen LogP contribution < -0.4 is 5.32 Å². The van der Waals surface area contributed by atoms with Crippen molar-refractivity contribution < 1.29 is 14.7 Å². The second-order valence-corrected chi connectivity index (χ2v) is 3.85. The molecular weight excluding hydrogens is 210 g/mol. The van der Waals surface area contributed by atoms with Gasteiger partial charge < -0.3 is 20.2 Å². The van der Waals surface area contributed by atoms with Crippen molar-refractivity contribution in [1.82, 2.24) is 15.1 Å². The SMILES string of the molecule is CCCNC(=O)N(CCN(C)C)CC(=O)O. The minimum absolute atomic E-state index is 0.261. The summed E-state index contributed by atoms with van der Waals surface area (Å²) in [6.45, 7) is 3.31. The molecule has 0 saturated heterocycles. The van der Waals surface area contributed by atoms with Crippen LogP contribution in [0.2, 0.25) is 0 Å². The van der Waals surface area contributed by atoms with E-state index < -0.39 is 5.97 Å². The van der Waals surface area contributed by atoms with E-state index in [-0.39, 0.29) is 12.6 Å².